The van der Waals surface area contributed by atoms with Crippen LogP contribution >= 0.6 is 0 Å². The molecule has 5 heteroatoms. The highest BCUT2D eigenvalue weighted by atomic mass is 19.2. The van der Waals surface area contributed by atoms with Crippen molar-refractivity contribution in [1.29, 1.82) is 0 Å². The highest BCUT2D eigenvalue weighted by molar-refractivity contribution is 5.27. The van der Waals surface area contributed by atoms with Crippen LogP contribution in [-0.2, 0) is 6.54 Å². The Morgan fingerprint density at radius 1 is 1.39 bits per heavy atom. The molecule has 1 atom stereocenters. The lowest BCUT2D eigenvalue weighted by Crippen LogP contribution is -2.23. The molecule has 0 aliphatic heterocycles. The molecular formula is C13H15F2N3. The molecule has 0 saturated carbocycles. The van der Waals surface area contributed by atoms with Crippen molar-refractivity contribution in [2.75, 3.05) is 7.05 Å². The Morgan fingerprint density at radius 2 is 2.17 bits per heavy atom. The van der Waals surface area contributed by atoms with Crippen molar-refractivity contribution in [3.63, 3.8) is 0 Å². The molecule has 3 nitrogen and oxygen atoms in total. The standard InChI is InChI=1S/C13H15F2N3/c1-3-18-8-7-17-13(18)12(16-2)9-5-4-6-10(14)11(9)15/h4-8,12,16H,3H2,1-2H3. The van der Waals surface area contributed by atoms with Crippen molar-refractivity contribution in [3.05, 3.63) is 53.6 Å². The molecule has 2 aromatic rings. The lowest BCUT2D eigenvalue weighted by molar-refractivity contribution is 0.479. The maximum atomic E-state index is 13.8. The molecule has 1 heterocycles. The van der Waals surface area contributed by atoms with E-state index in [0.717, 1.165) is 12.6 Å². The van der Waals surface area contributed by atoms with E-state index in [1.165, 1.54) is 6.07 Å². The van der Waals surface area contributed by atoms with E-state index < -0.39 is 17.7 Å². The third kappa shape index (κ3) is 2.13. The molecule has 96 valence electrons. The molecule has 0 fully saturated rings. The largest absolute Gasteiger partial charge is 0.334 e. The molecule has 0 saturated heterocycles. The van der Waals surface area contributed by atoms with Gasteiger partial charge in [0.05, 0.1) is 6.04 Å². The van der Waals surface area contributed by atoms with Crippen LogP contribution in [0.3, 0.4) is 0 Å². The van der Waals surface area contributed by atoms with Crippen LogP contribution in [-0.4, -0.2) is 16.6 Å². The lowest BCUT2D eigenvalue weighted by atomic mass is 10.1. The molecule has 2 rings (SSSR count). The van der Waals surface area contributed by atoms with Crippen molar-refractivity contribution >= 4 is 0 Å². The van der Waals surface area contributed by atoms with E-state index in [1.807, 2.05) is 17.7 Å². The minimum absolute atomic E-state index is 0.262. The van der Waals surface area contributed by atoms with Gasteiger partial charge in [-0.05, 0) is 20.0 Å². The third-order valence-corrected chi connectivity index (χ3v) is 2.93. The smallest absolute Gasteiger partial charge is 0.164 e. The quantitative estimate of drug-likeness (QED) is 0.904. The lowest BCUT2D eigenvalue weighted by Gasteiger charge is -2.18. The molecule has 1 aromatic carbocycles. The van der Waals surface area contributed by atoms with Crippen molar-refractivity contribution in [2.45, 2.75) is 19.5 Å². The third-order valence-electron chi connectivity index (χ3n) is 2.93. The predicted octanol–water partition coefficient (Wildman–Crippen LogP) is 2.49. The summed E-state index contributed by atoms with van der Waals surface area (Å²) in [7, 11) is 1.70. The van der Waals surface area contributed by atoms with Gasteiger partial charge in [0.25, 0.3) is 0 Å². The summed E-state index contributed by atoms with van der Waals surface area (Å²) in [5, 5.41) is 2.97. The highest BCUT2D eigenvalue weighted by Gasteiger charge is 2.21. The minimum Gasteiger partial charge on any atom is -0.334 e. The van der Waals surface area contributed by atoms with Crippen LogP contribution in [0.15, 0.2) is 30.6 Å². The number of benzene rings is 1. The minimum atomic E-state index is -0.845. The summed E-state index contributed by atoms with van der Waals surface area (Å²) in [6.07, 6.45) is 3.47. The maximum absolute atomic E-state index is 13.8. The number of halogens is 2. The number of hydrogen-bond acceptors (Lipinski definition) is 2. The van der Waals surface area contributed by atoms with Gasteiger partial charge in [0, 0.05) is 24.5 Å². The van der Waals surface area contributed by atoms with Gasteiger partial charge in [0.2, 0.25) is 0 Å². The number of imidazole rings is 1. The first-order valence-corrected chi connectivity index (χ1v) is 5.81. The van der Waals surface area contributed by atoms with Crippen molar-refractivity contribution in [1.82, 2.24) is 14.9 Å². The Balaban J connectivity index is 2.49. The monoisotopic (exact) mass is 251 g/mol. The summed E-state index contributed by atoms with van der Waals surface area (Å²) in [5.74, 6) is -1.01. The molecular weight excluding hydrogens is 236 g/mol. The van der Waals surface area contributed by atoms with Crippen LogP contribution in [0, 0.1) is 11.6 Å². The summed E-state index contributed by atoms with van der Waals surface area (Å²) in [6, 6.07) is 3.71. The predicted molar refractivity (Wildman–Crippen MR) is 65.2 cm³/mol. The maximum Gasteiger partial charge on any atom is 0.164 e. The fourth-order valence-electron chi connectivity index (χ4n) is 2.02. The first kappa shape index (κ1) is 12.7. The van der Waals surface area contributed by atoms with Crippen molar-refractivity contribution in [2.24, 2.45) is 0 Å². The SMILES string of the molecule is CCn1ccnc1C(NC)c1cccc(F)c1F. The van der Waals surface area contributed by atoms with Gasteiger partial charge in [-0.1, -0.05) is 12.1 Å². The molecule has 0 amide bonds. The molecule has 0 bridgehead atoms. The fourth-order valence-corrected chi connectivity index (χ4v) is 2.02. The summed E-state index contributed by atoms with van der Waals surface area (Å²) in [5.41, 5.74) is 0.262. The van der Waals surface area contributed by atoms with Crippen LogP contribution < -0.4 is 5.32 Å². The average molecular weight is 251 g/mol. The number of aromatic nitrogens is 2. The van der Waals surface area contributed by atoms with Gasteiger partial charge in [0.1, 0.15) is 5.82 Å². The van der Waals surface area contributed by atoms with Crippen molar-refractivity contribution < 1.29 is 8.78 Å². The normalized spacial score (nSPS) is 12.7. The fraction of sp³-hybridized carbons (Fsp3) is 0.308. The number of rotatable bonds is 4. The summed E-state index contributed by atoms with van der Waals surface area (Å²) >= 11 is 0. The second-order valence-corrected chi connectivity index (χ2v) is 3.94. The first-order valence-electron chi connectivity index (χ1n) is 5.81. The van der Waals surface area contributed by atoms with Crippen LogP contribution in [0.2, 0.25) is 0 Å². The summed E-state index contributed by atoms with van der Waals surface area (Å²) in [4.78, 5) is 4.22. The van der Waals surface area contributed by atoms with Gasteiger partial charge in [0.15, 0.2) is 11.6 Å². The van der Waals surface area contributed by atoms with Gasteiger partial charge in [-0.2, -0.15) is 0 Å². The average Bonchev–Trinajstić information content (AvgIpc) is 2.83. The Morgan fingerprint density at radius 3 is 2.83 bits per heavy atom. The second kappa shape index (κ2) is 5.27. The number of aryl methyl sites for hydroxylation is 1. The molecule has 0 radical (unpaired) electrons. The number of nitrogens with zero attached hydrogens (tertiary/aromatic N) is 2. The van der Waals surface area contributed by atoms with Gasteiger partial charge >= 0.3 is 0 Å². The van der Waals surface area contributed by atoms with Gasteiger partial charge < -0.3 is 9.88 Å². The zero-order chi connectivity index (χ0) is 13.1. The molecule has 0 spiro atoms. The Kier molecular flexibility index (Phi) is 3.72. The summed E-state index contributed by atoms with van der Waals surface area (Å²) < 4.78 is 29.0. The Hall–Kier alpha value is -1.75. The molecule has 0 aliphatic rings. The molecule has 1 N–H and O–H groups in total. The van der Waals surface area contributed by atoms with E-state index >= 15 is 0 Å². The van der Waals surface area contributed by atoms with Gasteiger partial charge in [-0.25, -0.2) is 13.8 Å². The summed E-state index contributed by atoms with van der Waals surface area (Å²) in [6.45, 7) is 2.70. The van der Waals surface area contributed by atoms with Gasteiger partial charge in [-0.3, -0.25) is 0 Å². The van der Waals surface area contributed by atoms with E-state index in [-0.39, 0.29) is 5.56 Å². The van der Waals surface area contributed by atoms with E-state index in [2.05, 4.69) is 10.3 Å². The van der Waals surface area contributed by atoms with Crippen LogP contribution in [0.1, 0.15) is 24.4 Å². The van der Waals surface area contributed by atoms with Crippen LogP contribution in [0.25, 0.3) is 0 Å². The van der Waals surface area contributed by atoms with E-state index in [1.54, 1.807) is 19.3 Å². The van der Waals surface area contributed by atoms with E-state index in [9.17, 15) is 8.78 Å². The Bertz CT molecular complexity index is 537. The van der Waals surface area contributed by atoms with E-state index in [0.29, 0.717) is 5.82 Å². The van der Waals surface area contributed by atoms with Crippen LogP contribution in [0.4, 0.5) is 8.78 Å². The molecule has 1 aromatic heterocycles. The van der Waals surface area contributed by atoms with Gasteiger partial charge in [-0.15, -0.1) is 0 Å². The first-order chi connectivity index (χ1) is 8.69. The zero-order valence-corrected chi connectivity index (χ0v) is 10.3. The van der Waals surface area contributed by atoms with Crippen molar-refractivity contribution in [3.8, 4) is 0 Å². The number of nitrogens with one attached hydrogen (secondary N) is 1. The number of hydrogen-bond donors (Lipinski definition) is 1. The van der Waals surface area contributed by atoms with Crippen LogP contribution in [0.5, 0.6) is 0 Å². The Labute approximate surface area is 104 Å². The molecule has 1 unspecified atom stereocenters. The van der Waals surface area contributed by atoms with E-state index in [4.69, 9.17) is 0 Å². The second-order valence-electron chi connectivity index (χ2n) is 3.94. The topological polar surface area (TPSA) is 29.9 Å². The zero-order valence-electron chi connectivity index (χ0n) is 10.3. The molecule has 0 aliphatic carbocycles. The highest BCUT2D eigenvalue weighted by Crippen LogP contribution is 2.24. The molecule has 18 heavy (non-hydrogen) atoms.